The van der Waals surface area contributed by atoms with Gasteiger partial charge in [0.1, 0.15) is 10.5 Å². The lowest BCUT2D eigenvalue weighted by molar-refractivity contribution is 0.122. The van der Waals surface area contributed by atoms with Gasteiger partial charge in [0.05, 0.1) is 0 Å². The third-order valence-electron chi connectivity index (χ3n) is 3.98. The third kappa shape index (κ3) is 7.87. The van der Waals surface area contributed by atoms with E-state index in [0.29, 0.717) is 4.90 Å². The van der Waals surface area contributed by atoms with E-state index in [1.807, 2.05) is 20.8 Å². The SMILES string of the molecule is CCCCCCCCCCCCSc1c(OC(C)(C)C)c(=O)c1=O. The fourth-order valence-electron chi connectivity index (χ4n) is 2.64. The Balaban J connectivity index is 2.11. The zero-order valence-electron chi connectivity index (χ0n) is 15.9. The van der Waals surface area contributed by atoms with Crippen LogP contribution in [0.2, 0.25) is 0 Å². The first-order chi connectivity index (χ1) is 11.4. The van der Waals surface area contributed by atoms with Gasteiger partial charge in [-0.2, -0.15) is 0 Å². The van der Waals surface area contributed by atoms with Crippen LogP contribution in [0.15, 0.2) is 14.5 Å². The molecule has 0 aliphatic rings. The summed E-state index contributed by atoms with van der Waals surface area (Å²) in [5.74, 6) is 1.17. The molecular weight excluding hydrogens is 320 g/mol. The maximum absolute atomic E-state index is 11.7. The lowest BCUT2D eigenvalue weighted by Gasteiger charge is -2.23. The second kappa shape index (κ2) is 11.0. The van der Waals surface area contributed by atoms with Gasteiger partial charge in [-0.25, -0.2) is 0 Å². The first-order valence-electron chi connectivity index (χ1n) is 9.52. The Hall–Kier alpha value is -0.770. The van der Waals surface area contributed by atoms with E-state index in [1.54, 1.807) is 0 Å². The molecule has 0 heterocycles. The van der Waals surface area contributed by atoms with E-state index in [4.69, 9.17) is 4.74 Å². The Morgan fingerprint density at radius 1 is 0.792 bits per heavy atom. The molecule has 0 saturated heterocycles. The normalized spacial score (nSPS) is 12.0. The smallest absolute Gasteiger partial charge is 0.270 e. The van der Waals surface area contributed by atoms with Crippen molar-refractivity contribution in [2.45, 2.75) is 102 Å². The van der Waals surface area contributed by atoms with Crippen molar-refractivity contribution >= 4 is 11.8 Å². The molecule has 0 saturated carbocycles. The molecule has 0 bridgehead atoms. The summed E-state index contributed by atoms with van der Waals surface area (Å²) in [6.07, 6.45) is 13.0. The van der Waals surface area contributed by atoms with E-state index >= 15 is 0 Å². The van der Waals surface area contributed by atoms with Crippen molar-refractivity contribution in [3.8, 4) is 5.75 Å². The first-order valence-corrected chi connectivity index (χ1v) is 10.5. The monoisotopic (exact) mass is 354 g/mol. The van der Waals surface area contributed by atoms with Crippen LogP contribution in [0.1, 0.15) is 91.9 Å². The van der Waals surface area contributed by atoms with Gasteiger partial charge < -0.3 is 4.74 Å². The molecule has 1 aromatic rings. The molecular formula is C20H34O3S. The highest BCUT2D eigenvalue weighted by Crippen LogP contribution is 2.28. The second-order valence-corrected chi connectivity index (χ2v) is 8.67. The number of ether oxygens (including phenoxy) is 1. The van der Waals surface area contributed by atoms with Crippen LogP contribution in [0.3, 0.4) is 0 Å². The van der Waals surface area contributed by atoms with E-state index < -0.39 is 11.0 Å². The van der Waals surface area contributed by atoms with Crippen LogP contribution < -0.4 is 15.6 Å². The van der Waals surface area contributed by atoms with Gasteiger partial charge in [0.25, 0.3) is 5.43 Å². The van der Waals surface area contributed by atoms with Crippen LogP contribution >= 0.6 is 11.8 Å². The largest absolute Gasteiger partial charge is 0.483 e. The summed E-state index contributed by atoms with van der Waals surface area (Å²) in [4.78, 5) is 23.8. The van der Waals surface area contributed by atoms with E-state index in [2.05, 4.69) is 6.92 Å². The highest BCUT2D eigenvalue weighted by Gasteiger charge is 2.26. The fraction of sp³-hybridized carbons (Fsp3) is 0.800. The molecule has 0 fully saturated rings. The summed E-state index contributed by atoms with van der Waals surface area (Å²) in [7, 11) is 0. The summed E-state index contributed by atoms with van der Waals surface area (Å²) < 4.78 is 5.61. The van der Waals surface area contributed by atoms with Gasteiger partial charge in [0.15, 0.2) is 5.75 Å². The zero-order chi connectivity index (χ0) is 18.0. The Morgan fingerprint density at radius 2 is 1.29 bits per heavy atom. The topological polar surface area (TPSA) is 43.4 Å². The van der Waals surface area contributed by atoms with Crippen molar-refractivity contribution in [1.82, 2.24) is 0 Å². The molecule has 0 aromatic heterocycles. The number of thioether (sulfide) groups is 1. The van der Waals surface area contributed by atoms with Crippen LogP contribution in [0.4, 0.5) is 0 Å². The second-order valence-electron chi connectivity index (χ2n) is 7.56. The molecule has 0 N–H and O–H groups in total. The lowest BCUT2D eigenvalue weighted by Crippen LogP contribution is -2.38. The van der Waals surface area contributed by atoms with Crippen LogP contribution in [0.5, 0.6) is 5.75 Å². The van der Waals surface area contributed by atoms with Gasteiger partial charge >= 0.3 is 0 Å². The minimum absolute atomic E-state index is 0.282. The Bertz CT molecular complexity index is 536. The Morgan fingerprint density at radius 3 is 1.79 bits per heavy atom. The Labute approximate surface area is 151 Å². The van der Waals surface area contributed by atoms with Gasteiger partial charge in [-0.15, -0.1) is 11.8 Å². The molecule has 0 spiro atoms. The first kappa shape index (κ1) is 21.3. The highest BCUT2D eigenvalue weighted by atomic mass is 32.2. The molecule has 0 atom stereocenters. The molecule has 24 heavy (non-hydrogen) atoms. The summed E-state index contributed by atoms with van der Waals surface area (Å²) in [6.45, 7) is 7.92. The molecule has 0 aliphatic carbocycles. The van der Waals surface area contributed by atoms with Crippen molar-refractivity contribution in [1.29, 1.82) is 0 Å². The number of hydrogen-bond acceptors (Lipinski definition) is 4. The van der Waals surface area contributed by atoms with E-state index in [1.165, 1.54) is 69.5 Å². The minimum Gasteiger partial charge on any atom is -0.483 e. The van der Waals surface area contributed by atoms with Crippen LogP contribution in [-0.4, -0.2) is 11.4 Å². The molecule has 1 rings (SSSR count). The average Bonchev–Trinajstić information content (AvgIpc) is 2.53. The Kier molecular flexibility index (Phi) is 9.72. The quantitative estimate of drug-likeness (QED) is 0.267. The van der Waals surface area contributed by atoms with Gasteiger partial charge in [-0.1, -0.05) is 64.7 Å². The number of rotatable bonds is 13. The van der Waals surface area contributed by atoms with E-state index in [0.717, 1.165) is 12.2 Å². The van der Waals surface area contributed by atoms with Crippen LogP contribution in [0, 0.1) is 0 Å². The average molecular weight is 355 g/mol. The van der Waals surface area contributed by atoms with Gasteiger partial charge in [0, 0.05) is 0 Å². The molecule has 138 valence electrons. The molecule has 0 radical (unpaired) electrons. The van der Waals surface area contributed by atoms with Crippen molar-refractivity contribution < 1.29 is 4.74 Å². The maximum Gasteiger partial charge on any atom is 0.270 e. The lowest BCUT2D eigenvalue weighted by atomic mass is 10.1. The van der Waals surface area contributed by atoms with Crippen LogP contribution in [-0.2, 0) is 0 Å². The molecule has 1 aromatic carbocycles. The van der Waals surface area contributed by atoms with Gasteiger partial charge in [0.2, 0.25) is 5.43 Å². The predicted molar refractivity (Wildman–Crippen MR) is 104 cm³/mol. The summed E-state index contributed by atoms with van der Waals surface area (Å²) in [5.41, 5.74) is -1.27. The maximum atomic E-state index is 11.7. The van der Waals surface area contributed by atoms with Crippen molar-refractivity contribution in [3.63, 3.8) is 0 Å². The van der Waals surface area contributed by atoms with Gasteiger partial charge in [-0.05, 0) is 32.9 Å². The number of unbranched alkanes of at least 4 members (excludes halogenated alkanes) is 9. The summed E-state index contributed by atoms with van der Waals surface area (Å²) in [5, 5.41) is 0. The molecule has 4 heteroatoms. The van der Waals surface area contributed by atoms with Crippen molar-refractivity contribution in [2.75, 3.05) is 5.75 Å². The molecule has 0 amide bonds. The minimum atomic E-state index is -0.463. The zero-order valence-corrected chi connectivity index (χ0v) is 16.7. The number of hydrogen-bond donors (Lipinski definition) is 0. The third-order valence-corrected chi connectivity index (χ3v) is 5.13. The molecule has 0 aliphatic heterocycles. The van der Waals surface area contributed by atoms with Crippen LogP contribution in [0.25, 0.3) is 0 Å². The molecule has 3 nitrogen and oxygen atoms in total. The van der Waals surface area contributed by atoms with E-state index in [-0.39, 0.29) is 11.2 Å². The van der Waals surface area contributed by atoms with Gasteiger partial charge in [-0.3, -0.25) is 9.59 Å². The van der Waals surface area contributed by atoms with E-state index in [9.17, 15) is 9.59 Å². The summed E-state index contributed by atoms with van der Waals surface area (Å²) >= 11 is 1.49. The standard InChI is InChI=1S/C20H34O3S/c1-5-6-7-8-9-10-11-12-13-14-15-24-19-17(22)16(21)18(19)23-20(2,3)4/h5-15H2,1-4H3. The summed E-state index contributed by atoms with van der Waals surface area (Å²) in [6, 6.07) is 0. The highest BCUT2D eigenvalue weighted by molar-refractivity contribution is 7.99. The predicted octanol–water partition coefficient (Wildman–Crippen LogP) is 5.47. The van der Waals surface area contributed by atoms with Crippen molar-refractivity contribution in [2.24, 2.45) is 0 Å². The fourth-order valence-corrected chi connectivity index (χ4v) is 3.69. The van der Waals surface area contributed by atoms with Crippen molar-refractivity contribution in [3.05, 3.63) is 20.4 Å². The molecule has 0 unspecified atom stereocenters.